The Bertz CT molecular complexity index is 633. The first-order valence-corrected chi connectivity index (χ1v) is 9.93. The first kappa shape index (κ1) is 17.4. The molecule has 2 aliphatic heterocycles. The average Bonchev–Trinajstić information content (AvgIpc) is 3.24. The van der Waals surface area contributed by atoms with E-state index in [1.54, 1.807) is 0 Å². The van der Waals surface area contributed by atoms with Crippen molar-refractivity contribution in [2.75, 3.05) is 0 Å². The van der Waals surface area contributed by atoms with Gasteiger partial charge in [-0.15, -0.1) is 12.4 Å². The molecule has 0 radical (unpaired) electrons. The predicted molar refractivity (Wildman–Crippen MR) is 102 cm³/mol. The fourth-order valence-electron chi connectivity index (χ4n) is 5.50. The lowest BCUT2D eigenvalue weighted by Gasteiger charge is -2.34. The second-order valence-corrected chi connectivity index (χ2v) is 8.46. The first-order valence-electron chi connectivity index (χ1n) is 9.93. The van der Waals surface area contributed by atoms with Crippen LogP contribution in [-0.4, -0.2) is 28.9 Å². The number of hydrogen-bond donors (Lipinski definition) is 1. The number of carbonyl (C=O) groups excluding carboxylic acids is 1. The van der Waals surface area contributed by atoms with Crippen LogP contribution in [0.5, 0.6) is 0 Å². The van der Waals surface area contributed by atoms with Crippen molar-refractivity contribution in [2.45, 2.75) is 82.0 Å². The molecule has 1 amide bonds. The molecule has 136 valence electrons. The van der Waals surface area contributed by atoms with Crippen LogP contribution in [-0.2, 0) is 11.2 Å². The van der Waals surface area contributed by atoms with Crippen LogP contribution in [0.2, 0.25) is 0 Å². The van der Waals surface area contributed by atoms with Crippen molar-refractivity contribution in [1.82, 2.24) is 10.2 Å². The zero-order valence-corrected chi connectivity index (χ0v) is 15.6. The van der Waals surface area contributed by atoms with Crippen LogP contribution in [0.4, 0.5) is 0 Å². The van der Waals surface area contributed by atoms with Gasteiger partial charge in [-0.25, -0.2) is 0 Å². The van der Waals surface area contributed by atoms with Crippen LogP contribution < -0.4 is 5.32 Å². The summed E-state index contributed by atoms with van der Waals surface area (Å²) >= 11 is 0. The zero-order chi connectivity index (χ0) is 16.1. The van der Waals surface area contributed by atoms with Crippen molar-refractivity contribution in [2.24, 2.45) is 5.92 Å². The van der Waals surface area contributed by atoms with Gasteiger partial charge in [0.1, 0.15) is 0 Å². The minimum atomic E-state index is 0. The molecule has 1 N–H and O–H groups in total. The van der Waals surface area contributed by atoms with Crippen LogP contribution >= 0.6 is 12.4 Å². The minimum absolute atomic E-state index is 0. The Labute approximate surface area is 157 Å². The van der Waals surface area contributed by atoms with Gasteiger partial charge >= 0.3 is 0 Å². The average molecular weight is 361 g/mol. The highest BCUT2D eigenvalue weighted by molar-refractivity contribution is 5.85. The number of nitrogens with zero attached hydrogens (tertiary/aromatic N) is 1. The van der Waals surface area contributed by atoms with Crippen molar-refractivity contribution in [3.63, 3.8) is 0 Å². The Morgan fingerprint density at radius 1 is 1.04 bits per heavy atom. The largest absolute Gasteiger partial charge is 0.333 e. The fourth-order valence-corrected chi connectivity index (χ4v) is 5.50. The SMILES string of the molecule is Cl.O=C(CC1CC2CCC(C1)N2)N(C1CC1)C1CCc2ccccc21. The van der Waals surface area contributed by atoms with Gasteiger partial charge in [-0.1, -0.05) is 24.3 Å². The van der Waals surface area contributed by atoms with Crippen LogP contribution in [0.25, 0.3) is 0 Å². The molecular weight excluding hydrogens is 332 g/mol. The number of halogens is 1. The number of hydrogen-bond acceptors (Lipinski definition) is 2. The van der Waals surface area contributed by atoms with Gasteiger partial charge < -0.3 is 10.2 Å². The molecule has 0 spiro atoms. The monoisotopic (exact) mass is 360 g/mol. The van der Waals surface area contributed by atoms with Crippen LogP contribution in [0, 0.1) is 5.92 Å². The Morgan fingerprint density at radius 2 is 1.76 bits per heavy atom. The van der Waals surface area contributed by atoms with Crippen molar-refractivity contribution < 1.29 is 4.79 Å². The molecule has 5 rings (SSSR count). The molecule has 2 aliphatic carbocycles. The van der Waals surface area contributed by atoms with Crippen molar-refractivity contribution in [3.8, 4) is 0 Å². The van der Waals surface area contributed by atoms with Crippen molar-refractivity contribution in [3.05, 3.63) is 35.4 Å². The number of fused-ring (bicyclic) bond motifs is 3. The number of amides is 1. The van der Waals surface area contributed by atoms with E-state index in [4.69, 9.17) is 0 Å². The van der Waals surface area contributed by atoms with Crippen molar-refractivity contribution >= 4 is 18.3 Å². The number of piperidine rings is 1. The molecule has 2 bridgehead atoms. The standard InChI is InChI=1S/C21H28N2O.ClH/c24-21(13-14-11-16-6-7-17(12-14)22-16)23(18-8-9-18)20-10-5-15-3-1-2-4-19(15)20;/h1-4,14,16-18,20,22H,5-13H2;1H. The Morgan fingerprint density at radius 3 is 2.48 bits per heavy atom. The lowest BCUT2D eigenvalue weighted by atomic mass is 9.89. The summed E-state index contributed by atoms with van der Waals surface area (Å²) in [6.07, 6.45) is 10.5. The summed E-state index contributed by atoms with van der Waals surface area (Å²) in [5.74, 6) is 1.04. The van der Waals surface area contributed by atoms with Gasteiger partial charge in [0.25, 0.3) is 0 Å². The summed E-state index contributed by atoms with van der Waals surface area (Å²) in [5, 5.41) is 3.70. The fraction of sp³-hybridized carbons (Fsp3) is 0.667. The lowest BCUT2D eigenvalue weighted by Crippen LogP contribution is -2.41. The third kappa shape index (κ3) is 3.33. The molecule has 3 atom stereocenters. The maximum absolute atomic E-state index is 13.2. The molecule has 1 aromatic rings. The van der Waals surface area contributed by atoms with E-state index in [9.17, 15) is 4.79 Å². The summed E-state index contributed by atoms with van der Waals surface area (Å²) in [4.78, 5) is 15.5. The van der Waals surface area contributed by atoms with Gasteiger partial charge in [-0.2, -0.15) is 0 Å². The molecule has 0 aromatic heterocycles. The molecule has 2 saturated heterocycles. The molecule has 25 heavy (non-hydrogen) atoms. The van der Waals surface area contributed by atoms with E-state index in [2.05, 4.69) is 34.5 Å². The number of nitrogens with one attached hydrogen (secondary N) is 1. The predicted octanol–water partition coefficient (Wildman–Crippen LogP) is 4.01. The van der Waals surface area contributed by atoms with E-state index in [-0.39, 0.29) is 12.4 Å². The quantitative estimate of drug-likeness (QED) is 0.879. The maximum atomic E-state index is 13.2. The first-order chi connectivity index (χ1) is 11.8. The summed E-state index contributed by atoms with van der Waals surface area (Å²) in [5.41, 5.74) is 2.88. The molecule has 1 saturated carbocycles. The van der Waals surface area contributed by atoms with E-state index >= 15 is 0 Å². The van der Waals surface area contributed by atoms with E-state index < -0.39 is 0 Å². The highest BCUT2D eigenvalue weighted by Crippen LogP contribution is 2.43. The number of carbonyl (C=O) groups is 1. The van der Waals surface area contributed by atoms with E-state index in [1.165, 1.54) is 49.7 Å². The van der Waals surface area contributed by atoms with Gasteiger partial charge in [0.2, 0.25) is 5.91 Å². The topological polar surface area (TPSA) is 32.3 Å². The van der Waals surface area contributed by atoms with E-state index in [1.807, 2.05) is 0 Å². The molecule has 3 nitrogen and oxygen atoms in total. The van der Waals surface area contributed by atoms with E-state index in [0.717, 1.165) is 19.3 Å². The van der Waals surface area contributed by atoms with Crippen LogP contribution in [0.3, 0.4) is 0 Å². The summed E-state index contributed by atoms with van der Waals surface area (Å²) in [6.45, 7) is 0. The maximum Gasteiger partial charge on any atom is 0.223 e. The Hall–Kier alpha value is -1.06. The second-order valence-electron chi connectivity index (χ2n) is 8.46. The number of rotatable bonds is 4. The van der Waals surface area contributed by atoms with Gasteiger partial charge in [0.15, 0.2) is 0 Å². The smallest absolute Gasteiger partial charge is 0.223 e. The second kappa shape index (κ2) is 6.92. The van der Waals surface area contributed by atoms with Crippen molar-refractivity contribution in [1.29, 1.82) is 0 Å². The van der Waals surface area contributed by atoms with Crippen LogP contribution in [0.15, 0.2) is 24.3 Å². The van der Waals surface area contributed by atoms with E-state index in [0.29, 0.717) is 36.0 Å². The lowest BCUT2D eigenvalue weighted by molar-refractivity contribution is -0.135. The zero-order valence-electron chi connectivity index (χ0n) is 14.8. The Balaban J connectivity index is 0.00000157. The molecule has 3 fully saturated rings. The minimum Gasteiger partial charge on any atom is -0.333 e. The highest BCUT2D eigenvalue weighted by Gasteiger charge is 2.42. The van der Waals surface area contributed by atoms with Crippen LogP contribution in [0.1, 0.15) is 68.5 Å². The summed E-state index contributed by atoms with van der Waals surface area (Å²) < 4.78 is 0. The van der Waals surface area contributed by atoms with Gasteiger partial charge in [-0.05, 0) is 68.4 Å². The molecule has 1 aromatic carbocycles. The number of benzene rings is 1. The van der Waals surface area contributed by atoms with Gasteiger partial charge in [0.05, 0.1) is 6.04 Å². The van der Waals surface area contributed by atoms with Gasteiger partial charge in [-0.3, -0.25) is 4.79 Å². The summed E-state index contributed by atoms with van der Waals surface area (Å²) in [6, 6.07) is 11.0. The highest BCUT2D eigenvalue weighted by atomic mass is 35.5. The third-order valence-corrected chi connectivity index (χ3v) is 6.70. The normalized spacial score (nSPS) is 32.8. The molecular formula is C21H29ClN2O. The molecule has 2 heterocycles. The summed E-state index contributed by atoms with van der Waals surface area (Å²) in [7, 11) is 0. The third-order valence-electron chi connectivity index (χ3n) is 6.70. The molecule has 3 unspecified atom stereocenters. The number of aryl methyl sites for hydroxylation is 1. The molecule has 4 aliphatic rings. The Kier molecular flexibility index (Phi) is 4.81. The van der Waals surface area contributed by atoms with Gasteiger partial charge in [0, 0.05) is 24.5 Å². The molecule has 4 heteroatoms.